The van der Waals surface area contributed by atoms with Gasteiger partial charge in [-0.05, 0) is 50.6 Å². The summed E-state index contributed by atoms with van der Waals surface area (Å²) in [6, 6.07) is 6.90. The monoisotopic (exact) mass is 264 g/mol. The van der Waals surface area contributed by atoms with Gasteiger partial charge >= 0.3 is 0 Å². The number of nitrogens with zero attached hydrogens (tertiary/aromatic N) is 1. The van der Waals surface area contributed by atoms with Crippen LogP contribution < -0.4 is 5.32 Å². The van der Waals surface area contributed by atoms with Crippen LogP contribution >= 0.6 is 11.3 Å². The molecular weight excluding hydrogens is 240 g/mol. The molecule has 2 aliphatic rings. The summed E-state index contributed by atoms with van der Waals surface area (Å²) >= 11 is 1.91. The van der Waals surface area contributed by atoms with Crippen LogP contribution in [0.2, 0.25) is 0 Å². The van der Waals surface area contributed by atoms with Gasteiger partial charge in [0.1, 0.15) is 0 Å². The Morgan fingerprint density at radius 1 is 1.33 bits per heavy atom. The molecule has 1 N–H and O–H groups in total. The lowest BCUT2D eigenvalue weighted by Gasteiger charge is -2.49. The maximum atomic E-state index is 3.50. The first kappa shape index (κ1) is 12.6. The molecule has 0 aromatic carbocycles. The number of fused-ring (bicyclic) bond motifs is 2. The maximum Gasteiger partial charge on any atom is 0.0113 e. The van der Waals surface area contributed by atoms with Crippen LogP contribution in [-0.4, -0.2) is 36.6 Å². The van der Waals surface area contributed by atoms with Crippen molar-refractivity contribution >= 4 is 11.3 Å². The van der Waals surface area contributed by atoms with Crippen molar-refractivity contribution in [1.82, 2.24) is 10.2 Å². The van der Waals surface area contributed by atoms with Crippen molar-refractivity contribution in [2.24, 2.45) is 0 Å². The van der Waals surface area contributed by atoms with Crippen LogP contribution in [0.25, 0.3) is 0 Å². The number of hydrogen-bond donors (Lipinski definition) is 1. The van der Waals surface area contributed by atoms with Crippen LogP contribution in [0.4, 0.5) is 0 Å². The summed E-state index contributed by atoms with van der Waals surface area (Å²) in [6.07, 6.45) is 8.24. The number of nitrogens with one attached hydrogen (secondary N) is 1. The van der Waals surface area contributed by atoms with Gasteiger partial charge in [0.25, 0.3) is 0 Å². The first-order valence-corrected chi connectivity index (χ1v) is 8.20. The highest BCUT2D eigenvalue weighted by atomic mass is 32.1. The molecule has 2 bridgehead atoms. The van der Waals surface area contributed by atoms with Crippen LogP contribution in [0.5, 0.6) is 0 Å². The van der Waals surface area contributed by atoms with Crippen LogP contribution in [-0.2, 0) is 6.42 Å². The molecule has 0 amide bonds. The van der Waals surface area contributed by atoms with Gasteiger partial charge in [-0.1, -0.05) is 12.5 Å². The van der Waals surface area contributed by atoms with Gasteiger partial charge in [-0.25, -0.2) is 0 Å². The van der Waals surface area contributed by atoms with Crippen molar-refractivity contribution in [2.75, 3.05) is 13.6 Å². The first-order valence-electron chi connectivity index (χ1n) is 7.32. The molecule has 0 aliphatic carbocycles. The zero-order valence-corrected chi connectivity index (χ0v) is 12.1. The summed E-state index contributed by atoms with van der Waals surface area (Å²) in [4.78, 5) is 4.36. The fourth-order valence-corrected chi connectivity index (χ4v) is 4.47. The van der Waals surface area contributed by atoms with Gasteiger partial charge in [0.05, 0.1) is 0 Å². The van der Waals surface area contributed by atoms with Crippen molar-refractivity contribution in [2.45, 2.75) is 56.7 Å². The minimum Gasteiger partial charge on any atom is -0.317 e. The molecule has 2 aliphatic heterocycles. The number of piperidine rings is 2. The van der Waals surface area contributed by atoms with Crippen molar-refractivity contribution in [3.63, 3.8) is 0 Å². The molecule has 2 nitrogen and oxygen atoms in total. The number of rotatable bonds is 4. The van der Waals surface area contributed by atoms with Gasteiger partial charge in [0, 0.05) is 29.5 Å². The molecule has 3 heterocycles. The molecule has 3 heteroatoms. The zero-order valence-electron chi connectivity index (χ0n) is 11.3. The average molecular weight is 264 g/mol. The Bertz CT molecular complexity index is 349. The van der Waals surface area contributed by atoms with E-state index in [1.807, 2.05) is 11.3 Å². The average Bonchev–Trinajstić information content (AvgIpc) is 2.88. The van der Waals surface area contributed by atoms with Crippen molar-refractivity contribution in [3.05, 3.63) is 22.4 Å². The summed E-state index contributed by atoms with van der Waals surface area (Å²) in [7, 11) is 2.13. The second kappa shape index (κ2) is 5.72. The molecule has 3 rings (SSSR count). The molecule has 1 aromatic heterocycles. The lowest BCUT2D eigenvalue weighted by atomic mass is 9.81. The zero-order chi connectivity index (χ0) is 12.4. The summed E-state index contributed by atoms with van der Waals surface area (Å²) in [5.74, 6) is 0. The van der Waals surface area contributed by atoms with Crippen LogP contribution in [0, 0.1) is 0 Å². The highest BCUT2D eigenvalue weighted by molar-refractivity contribution is 7.09. The third-order valence-corrected chi connectivity index (χ3v) is 5.67. The Labute approximate surface area is 114 Å². The van der Waals surface area contributed by atoms with E-state index in [0.717, 1.165) is 18.1 Å². The largest absolute Gasteiger partial charge is 0.317 e. The predicted molar refractivity (Wildman–Crippen MR) is 78.2 cm³/mol. The van der Waals surface area contributed by atoms with Gasteiger partial charge in [-0.2, -0.15) is 0 Å². The normalized spacial score (nSPS) is 32.6. The molecule has 2 saturated heterocycles. The minimum absolute atomic E-state index is 0.762. The molecule has 2 fully saturated rings. The van der Waals surface area contributed by atoms with Crippen LogP contribution in [0.15, 0.2) is 17.5 Å². The van der Waals surface area contributed by atoms with Gasteiger partial charge in [-0.15, -0.1) is 11.3 Å². The van der Waals surface area contributed by atoms with Crippen molar-refractivity contribution in [3.8, 4) is 0 Å². The third-order valence-electron chi connectivity index (χ3n) is 4.73. The third kappa shape index (κ3) is 2.63. The Morgan fingerprint density at radius 2 is 2.11 bits per heavy atom. The van der Waals surface area contributed by atoms with E-state index < -0.39 is 0 Å². The molecule has 0 radical (unpaired) electrons. The van der Waals surface area contributed by atoms with Crippen molar-refractivity contribution in [1.29, 1.82) is 0 Å². The molecule has 18 heavy (non-hydrogen) atoms. The number of thiophene rings is 1. The molecule has 100 valence electrons. The SMILES string of the molecule is CNC1CC2CCCC(C1)N2CCc1cccs1. The fourth-order valence-electron chi connectivity index (χ4n) is 3.77. The maximum absolute atomic E-state index is 3.50. The van der Waals surface area contributed by atoms with E-state index in [-0.39, 0.29) is 0 Å². The first-order chi connectivity index (χ1) is 8.86. The Morgan fingerprint density at radius 3 is 2.72 bits per heavy atom. The van der Waals surface area contributed by atoms with Gasteiger partial charge < -0.3 is 5.32 Å². The lowest BCUT2D eigenvalue weighted by Crippen LogP contribution is -2.56. The Kier molecular flexibility index (Phi) is 4.02. The number of hydrogen-bond acceptors (Lipinski definition) is 3. The van der Waals surface area contributed by atoms with E-state index in [9.17, 15) is 0 Å². The molecular formula is C15H24N2S. The quantitative estimate of drug-likeness (QED) is 0.899. The predicted octanol–water partition coefficient (Wildman–Crippen LogP) is 2.90. The summed E-state index contributed by atoms with van der Waals surface area (Å²) in [6.45, 7) is 1.27. The summed E-state index contributed by atoms with van der Waals surface area (Å²) in [5.41, 5.74) is 0. The molecule has 1 aromatic rings. The molecule has 2 unspecified atom stereocenters. The molecule has 0 spiro atoms. The molecule has 0 saturated carbocycles. The van der Waals surface area contributed by atoms with Crippen molar-refractivity contribution < 1.29 is 0 Å². The standard InChI is InChI=1S/C15H24N2S/c1-16-12-10-13-4-2-5-14(11-12)17(13)8-7-15-6-3-9-18-15/h3,6,9,12-14,16H,2,4-5,7-8,10-11H2,1H3. The van der Waals surface area contributed by atoms with Gasteiger partial charge in [0.15, 0.2) is 0 Å². The van der Waals surface area contributed by atoms with E-state index >= 15 is 0 Å². The second-order valence-corrected chi connectivity index (χ2v) is 6.79. The summed E-state index contributed by atoms with van der Waals surface area (Å²) < 4.78 is 0. The smallest absolute Gasteiger partial charge is 0.0113 e. The van der Waals surface area contributed by atoms with Crippen LogP contribution in [0.3, 0.4) is 0 Å². The Balaban J connectivity index is 1.61. The minimum atomic E-state index is 0.762. The van der Waals surface area contributed by atoms with Gasteiger partial charge in [0.2, 0.25) is 0 Å². The topological polar surface area (TPSA) is 15.3 Å². The molecule has 2 atom stereocenters. The van der Waals surface area contributed by atoms with E-state index in [0.29, 0.717) is 0 Å². The van der Waals surface area contributed by atoms with Gasteiger partial charge in [-0.3, -0.25) is 4.90 Å². The second-order valence-electron chi connectivity index (χ2n) is 5.76. The van der Waals surface area contributed by atoms with E-state index in [1.54, 1.807) is 4.88 Å². The lowest BCUT2D eigenvalue weighted by molar-refractivity contribution is 0.0272. The Hall–Kier alpha value is -0.380. The summed E-state index contributed by atoms with van der Waals surface area (Å²) in [5, 5.41) is 5.70. The highest BCUT2D eigenvalue weighted by Crippen LogP contribution is 2.34. The van der Waals surface area contributed by atoms with E-state index in [2.05, 4.69) is 34.8 Å². The van der Waals surface area contributed by atoms with E-state index in [1.165, 1.54) is 45.1 Å². The highest BCUT2D eigenvalue weighted by Gasteiger charge is 2.37. The fraction of sp³-hybridized carbons (Fsp3) is 0.733. The van der Waals surface area contributed by atoms with E-state index in [4.69, 9.17) is 0 Å². The van der Waals surface area contributed by atoms with Crippen LogP contribution in [0.1, 0.15) is 37.0 Å².